The second kappa shape index (κ2) is 8.93. The second-order valence-electron chi connectivity index (χ2n) is 4.40. The van der Waals surface area contributed by atoms with Crippen molar-refractivity contribution < 1.29 is 34.4 Å². The molecule has 0 aliphatic rings. The maximum absolute atomic E-state index is 12.4. The molecule has 2 radical (unpaired) electrons. The van der Waals surface area contributed by atoms with Gasteiger partial charge in [0.25, 0.3) is 20.2 Å². The minimum Gasteiger partial charge on any atom is -0.282 e. The number of benzene rings is 2. The minimum absolute atomic E-state index is 0. The molecule has 0 bridgehead atoms. The van der Waals surface area contributed by atoms with Crippen LogP contribution in [-0.2, 0) is 30.1 Å². The van der Waals surface area contributed by atoms with Crippen molar-refractivity contribution >= 4 is 89.2 Å². The van der Waals surface area contributed by atoms with E-state index in [4.69, 9.17) is 9.11 Å². The van der Waals surface area contributed by atoms with Crippen LogP contribution < -0.4 is 0 Å². The topological polar surface area (TPSA) is 143 Å². The maximum atomic E-state index is 12.4. The van der Waals surface area contributed by atoms with Gasteiger partial charge in [-0.25, -0.2) is 8.42 Å². The first kappa shape index (κ1) is 25.2. The average molecular weight is 424 g/mol. The van der Waals surface area contributed by atoms with Gasteiger partial charge in [-0.2, -0.15) is 16.8 Å². The van der Waals surface area contributed by atoms with E-state index < -0.39 is 49.7 Å². The molecule has 0 spiro atoms. The van der Waals surface area contributed by atoms with Crippen molar-refractivity contribution in [1.82, 2.24) is 0 Å². The molecule has 0 amide bonds. The predicted octanol–water partition coefficient (Wildman–Crippen LogP) is 0.251. The molecule has 0 unspecified atom stereocenters. The van der Waals surface area contributed by atoms with Crippen LogP contribution in [0, 0.1) is 0 Å². The van der Waals surface area contributed by atoms with Crippen molar-refractivity contribution in [3.05, 3.63) is 48.5 Å². The fraction of sp³-hybridized carbons (Fsp3) is 0. The van der Waals surface area contributed by atoms with Crippen molar-refractivity contribution in [2.24, 2.45) is 0 Å². The summed E-state index contributed by atoms with van der Waals surface area (Å²) in [4.78, 5) is -2.16. The molecule has 0 aliphatic heterocycles. The molecule has 2 rings (SSSR count). The van der Waals surface area contributed by atoms with Gasteiger partial charge in [0.15, 0.2) is 0 Å². The van der Waals surface area contributed by atoms with Crippen molar-refractivity contribution in [2.75, 3.05) is 0 Å². The van der Waals surface area contributed by atoms with E-state index in [0.717, 1.165) is 48.5 Å². The van der Waals surface area contributed by atoms with Crippen LogP contribution in [0.3, 0.4) is 0 Å². The summed E-state index contributed by atoms with van der Waals surface area (Å²) in [6.45, 7) is 0. The summed E-state index contributed by atoms with van der Waals surface area (Å²) in [5.74, 6) is 0. The van der Waals surface area contributed by atoms with E-state index in [9.17, 15) is 25.3 Å². The summed E-state index contributed by atoms with van der Waals surface area (Å²) in [5.41, 5.74) is 0. The summed E-state index contributed by atoms with van der Waals surface area (Å²) < 4.78 is 87.1. The molecule has 0 atom stereocenters. The first-order chi connectivity index (χ1) is 10.4. The Labute approximate surface area is 189 Å². The molecule has 2 N–H and O–H groups in total. The molecule has 0 saturated carbocycles. The van der Waals surface area contributed by atoms with Gasteiger partial charge in [0.2, 0.25) is 9.84 Å². The molecule has 25 heavy (non-hydrogen) atoms. The first-order valence-corrected chi connectivity index (χ1v) is 10.2. The van der Waals surface area contributed by atoms with Gasteiger partial charge in [-0.1, -0.05) is 12.1 Å². The van der Waals surface area contributed by atoms with Crippen molar-refractivity contribution in [2.45, 2.75) is 19.6 Å². The zero-order valence-electron chi connectivity index (χ0n) is 13.2. The normalized spacial score (nSPS) is 11.9. The molecular weight excluding hydrogens is 414 g/mol. The summed E-state index contributed by atoms with van der Waals surface area (Å²) in [7, 11) is -13.5. The standard InChI is InChI=1S/C12H10O8S3.2Na/c13-21(14,9-3-1-5-11(7-9)22(15,16)17)10-4-2-6-12(8-10)23(18,19)20;;/h1-8H,(H,15,16,17)(H,18,19,20);;. The third-order valence-electron chi connectivity index (χ3n) is 2.83. The predicted molar refractivity (Wildman–Crippen MR) is 89.5 cm³/mol. The Balaban J connectivity index is 0.00000288. The summed E-state index contributed by atoms with van der Waals surface area (Å²) in [6, 6.07) is 7.89. The van der Waals surface area contributed by atoms with Crippen LogP contribution in [0.25, 0.3) is 0 Å². The Morgan fingerprint density at radius 2 is 0.840 bits per heavy atom. The monoisotopic (exact) mass is 424 g/mol. The molecule has 2 aromatic rings. The number of hydrogen-bond acceptors (Lipinski definition) is 6. The Bertz CT molecular complexity index is 995. The molecule has 0 aromatic heterocycles. The zero-order chi connectivity index (χ0) is 17.5. The van der Waals surface area contributed by atoms with E-state index in [2.05, 4.69) is 0 Å². The van der Waals surface area contributed by atoms with Gasteiger partial charge in [0.1, 0.15) is 0 Å². The summed E-state index contributed by atoms with van der Waals surface area (Å²) in [5, 5.41) is 0. The fourth-order valence-electron chi connectivity index (χ4n) is 1.74. The van der Waals surface area contributed by atoms with Crippen molar-refractivity contribution in [3.63, 3.8) is 0 Å². The molecular formula is C12H10Na2O8S3. The van der Waals surface area contributed by atoms with Crippen LogP contribution in [0.15, 0.2) is 68.1 Å². The van der Waals surface area contributed by atoms with Crippen LogP contribution >= 0.6 is 0 Å². The smallest absolute Gasteiger partial charge is 0.282 e. The minimum atomic E-state index is -4.60. The second-order valence-corrected chi connectivity index (χ2v) is 9.20. The van der Waals surface area contributed by atoms with Crippen molar-refractivity contribution in [3.8, 4) is 0 Å². The van der Waals surface area contributed by atoms with E-state index in [1.54, 1.807) is 0 Å². The van der Waals surface area contributed by atoms with E-state index in [1.165, 1.54) is 0 Å². The fourth-order valence-corrected chi connectivity index (χ4v) is 4.29. The SMILES string of the molecule is O=S(=O)(O)c1cccc(S(=O)(=O)c2cccc(S(=O)(=O)O)c2)c1.[Na].[Na]. The van der Waals surface area contributed by atoms with Gasteiger partial charge < -0.3 is 0 Å². The quantitative estimate of drug-likeness (QED) is 0.525. The van der Waals surface area contributed by atoms with Crippen LogP contribution in [0.1, 0.15) is 0 Å². The molecule has 0 fully saturated rings. The van der Waals surface area contributed by atoms with Crippen LogP contribution in [0.5, 0.6) is 0 Å². The Hall–Kier alpha value is 0.210. The van der Waals surface area contributed by atoms with Gasteiger partial charge in [0.05, 0.1) is 19.6 Å². The van der Waals surface area contributed by atoms with Gasteiger partial charge in [-0.15, -0.1) is 0 Å². The number of rotatable bonds is 4. The molecule has 126 valence electrons. The number of sulfone groups is 1. The molecule has 2 aromatic carbocycles. The molecule has 0 aliphatic carbocycles. The summed E-state index contributed by atoms with van der Waals surface area (Å²) >= 11 is 0. The maximum Gasteiger partial charge on any atom is 0.294 e. The van der Waals surface area contributed by atoms with E-state index in [0.29, 0.717) is 0 Å². The largest absolute Gasteiger partial charge is 0.294 e. The van der Waals surface area contributed by atoms with Gasteiger partial charge in [-0.05, 0) is 36.4 Å². The molecule has 0 heterocycles. The molecule has 13 heteroatoms. The van der Waals surface area contributed by atoms with Gasteiger partial charge in [0, 0.05) is 59.1 Å². The van der Waals surface area contributed by atoms with E-state index in [1.807, 2.05) is 0 Å². The first-order valence-electron chi connectivity index (χ1n) is 5.82. The zero-order valence-corrected chi connectivity index (χ0v) is 19.6. The number of hydrogen-bond donors (Lipinski definition) is 2. The van der Waals surface area contributed by atoms with Crippen LogP contribution in [-0.4, -0.2) is 93.5 Å². The van der Waals surface area contributed by atoms with Crippen LogP contribution in [0.4, 0.5) is 0 Å². The molecule has 8 nitrogen and oxygen atoms in total. The Morgan fingerprint density at radius 3 is 1.12 bits per heavy atom. The molecule has 0 saturated heterocycles. The van der Waals surface area contributed by atoms with Crippen molar-refractivity contribution in [1.29, 1.82) is 0 Å². The summed E-state index contributed by atoms with van der Waals surface area (Å²) in [6.07, 6.45) is 0. The third kappa shape index (κ3) is 6.11. The van der Waals surface area contributed by atoms with Crippen LogP contribution in [0.2, 0.25) is 0 Å². The van der Waals surface area contributed by atoms with Gasteiger partial charge >= 0.3 is 0 Å². The van der Waals surface area contributed by atoms with Gasteiger partial charge in [-0.3, -0.25) is 9.11 Å². The van der Waals surface area contributed by atoms with E-state index >= 15 is 0 Å². The average Bonchev–Trinajstić information content (AvgIpc) is 2.46. The van der Waals surface area contributed by atoms with E-state index in [-0.39, 0.29) is 59.1 Å². The Morgan fingerprint density at radius 1 is 0.560 bits per heavy atom. The Kier molecular flexibility index (Phi) is 9.01. The third-order valence-corrected chi connectivity index (χ3v) is 6.28.